The molecule has 0 saturated heterocycles. The molecule has 1 fully saturated rings. The fraction of sp³-hybridized carbons (Fsp3) is 0.556. The van der Waals surface area contributed by atoms with Crippen LogP contribution in [0.2, 0.25) is 0 Å². The molecule has 4 aromatic rings. The Hall–Kier alpha value is -2.32. The van der Waals surface area contributed by atoms with E-state index in [1.807, 2.05) is 0 Å². The van der Waals surface area contributed by atoms with Crippen LogP contribution >= 0.6 is 22.7 Å². The summed E-state index contributed by atoms with van der Waals surface area (Å²) in [7, 11) is 0. The van der Waals surface area contributed by atoms with E-state index < -0.39 is 0 Å². The summed E-state index contributed by atoms with van der Waals surface area (Å²) in [5.41, 5.74) is 0. The Morgan fingerprint density at radius 2 is 1.34 bits per heavy atom. The lowest BCUT2D eigenvalue weighted by atomic mass is 10.2. The lowest BCUT2D eigenvalue weighted by Gasteiger charge is -2.20. The first-order valence-electron chi connectivity index (χ1n) is 13.0. The van der Waals surface area contributed by atoms with E-state index in [1.165, 1.54) is 46.2 Å². The SMILES string of the molecule is CCc1nc(N(CC)CC)c2cc(C)sc2n1.CCc1nc(NC2CCCC2)c2cc(C)sc2n1. The van der Waals surface area contributed by atoms with E-state index in [1.54, 1.807) is 22.7 Å². The topological polar surface area (TPSA) is 66.8 Å². The number of hydrogen-bond acceptors (Lipinski definition) is 8. The highest BCUT2D eigenvalue weighted by Gasteiger charge is 2.18. The highest BCUT2D eigenvalue weighted by molar-refractivity contribution is 7.19. The van der Waals surface area contributed by atoms with Crippen molar-refractivity contribution in [3.8, 4) is 0 Å². The molecule has 8 heteroatoms. The zero-order valence-corrected chi connectivity index (χ0v) is 23.6. The van der Waals surface area contributed by atoms with Crippen LogP contribution in [-0.2, 0) is 12.8 Å². The van der Waals surface area contributed by atoms with Crippen molar-refractivity contribution in [3.05, 3.63) is 33.5 Å². The standard InChI is InChI=1S/C14H19N3S.C13H19N3S/c1-3-12-16-13(15-10-6-4-5-7-10)11-8-9(2)18-14(11)17-12;1-5-11-14-12(16(6-2)7-3)10-8-9(4)17-13(10)15-11/h8,10H,3-7H2,1-2H3,(H,15,16,17);8H,5-7H2,1-4H3. The molecule has 1 N–H and O–H groups in total. The molecule has 0 unspecified atom stereocenters. The van der Waals surface area contributed by atoms with Gasteiger partial charge in [0.05, 0.1) is 10.8 Å². The number of aromatic nitrogens is 4. The van der Waals surface area contributed by atoms with E-state index >= 15 is 0 Å². The second-order valence-corrected chi connectivity index (χ2v) is 11.6. The minimum atomic E-state index is 0.605. The first-order chi connectivity index (χ1) is 16.9. The van der Waals surface area contributed by atoms with Crippen LogP contribution in [0.5, 0.6) is 0 Å². The zero-order valence-electron chi connectivity index (χ0n) is 21.9. The van der Waals surface area contributed by atoms with E-state index in [2.05, 4.69) is 78.8 Å². The molecule has 1 aliphatic rings. The first kappa shape index (κ1) is 25.8. The number of thiophene rings is 2. The van der Waals surface area contributed by atoms with Gasteiger partial charge in [-0.2, -0.15) is 0 Å². The fourth-order valence-corrected chi connectivity index (χ4v) is 6.40. The molecular weight excluding hydrogens is 472 g/mol. The number of anilines is 2. The van der Waals surface area contributed by atoms with Crippen LogP contribution in [-0.4, -0.2) is 39.1 Å². The Bertz CT molecular complexity index is 1270. The highest BCUT2D eigenvalue weighted by atomic mass is 32.1. The third-order valence-electron chi connectivity index (χ3n) is 6.50. The summed E-state index contributed by atoms with van der Waals surface area (Å²) >= 11 is 3.52. The fourth-order valence-electron chi connectivity index (χ4n) is 4.61. The minimum Gasteiger partial charge on any atom is -0.367 e. The van der Waals surface area contributed by atoms with Gasteiger partial charge in [0, 0.05) is 41.7 Å². The van der Waals surface area contributed by atoms with Crippen molar-refractivity contribution in [2.45, 2.75) is 86.1 Å². The normalized spacial score (nSPS) is 13.9. The van der Waals surface area contributed by atoms with E-state index in [0.717, 1.165) is 58.9 Å². The molecule has 0 bridgehead atoms. The lowest BCUT2D eigenvalue weighted by Crippen LogP contribution is -2.23. The molecule has 0 spiro atoms. The average molecular weight is 511 g/mol. The van der Waals surface area contributed by atoms with Crippen LogP contribution < -0.4 is 10.2 Å². The van der Waals surface area contributed by atoms with Gasteiger partial charge in [-0.05, 0) is 52.7 Å². The van der Waals surface area contributed by atoms with Crippen molar-refractivity contribution in [3.63, 3.8) is 0 Å². The third kappa shape index (κ3) is 5.92. The quantitative estimate of drug-likeness (QED) is 0.281. The van der Waals surface area contributed by atoms with Gasteiger partial charge in [-0.3, -0.25) is 0 Å². The van der Waals surface area contributed by atoms with Gasteiger partial charge in [0.1, 0.15) is 32.9 Å². The average Bonchev–Trinajstić information content (AvgIpc) is 3.59. The molecule has 1 saturated carbocycles. The third-order valence-corrected chi connectivity index (χ3v) is 8.38. The van der Waals surface area contributed by atoms with Crippen LogP contribution in [0.4, 0.5) is 11.6 Å². The molecule has 0 atom stereocenters. The molecular formula is C27H38N6S2. The van der Waals surface area contributed by atoms with Crippen molar-refractivity contribution in [1.82, 2.24) is 19.9 Å². The van der Waals surface area contributed by atoms with Crippen molar-refractivity contribution in [2.75, 3.05) is 23.3 Å². The number of nitrogens with zero attached hydrogens (tertiary/aromatic N) is 5. The Balaban J connectivity index is 0.000000165. The van der Waals surface area contributed by atoms with Gasteiger partial charge in [0.15, 0.2) is 0 Å². The molecule has 1 aliphatic carbocycles. The molecule has 0 amide bonds. The molecule has 6 nitrogen and oxygen atoms in total. The maximum absolute atomic E-state index is 4.70. The molecule has 4 heterocycles. The van der Waals surface area contributed by atoms with Crippen LogP contribution in [0, 0.1) is 13.8 Å². The molecule has 0 aliphatic heterocycles. The maximum atomic E-state index is 4.70. The van der Waals surface area contributed by atoms with E-state index in [4.69, 9.17) is 4.98 Å². The Labute approximate surface area is 217 Å². The van der Waals surface area contributed by atoms with Gasteiger partial charge >= 0.3 is 0 Å². The van der Waals surface area contributed by atoms with Crippen LogP contribution in [0.1, 0.15) is 74.8 Å². The van der Waals surface area contributed by atoms with Crippen LogP contribution in [0.15, 0.2) is 12.1 Å². The number of nitrogens with one attached hydrogen (secondary N) is 1. The number of fused-ring (bicyclic) bond motifs is 2. The van der Waals surface area contributed by atoms with Crippen molar-refractivity contribution in [1.29, 1.82) is 0 Å². The van der Waals surface area contributed by atoms with Gasteiger partial charge in [-0.1, -0.05) is 26.7 Å². The summed E-state index contributed by atoms with van der Waals surface area (Å²) in [6, 6.07) is 5.01. The molecule has 0 radical (unpaired) electrons. The molecule has 5 rings (SSSR count). The minimum absolute atomic E-state index is 0.605. The predicted octanol–water partition coefficient (Wildman–Crippen LogP) is 7.32. The molecule has 4 aromatic heterocycles. The second-order valence-electron chi connectivity index (χ2n) is 9.11. The molecule has 188 valence electrons. The summed E-state index contributed by atoms with van der Waals surface area (Å²) in [4.78, 5) is 25.8. The van der Waals surface area contributed by atoms with E-state index in [-0.39, 0.29) is 0 Å². The number of rotatable bonds is 7. The van der Waals surface area contributed by atoms with Gasteiger partial charge in [-0.15, -0.1) is 22.7 Å². The summed E-state index contributed by atoms with van der Waals surface area (Å²) in [5.74, 6) is 4.04. The maximum Gasteiger partial charge on any atom is 0.141 e. The monoisotopic (exact) mass is 510 g/mol. The smallest absolute Gasteiger partial charge is 0.141 e. The Morgan fingerprint density at radius 1 is 0.800 bits per heavy atom. The van der Waals surface area contributed by atoms with Crippen molar-refractivity contribution < 1.29 is 0 Å². The zero-order chi connectivity index (χ0) is 24.9. The second kappa shape index (κ2) is 11.6. The summed E-state index contributed by atoms with van der Waals surface area (Å²) in [5, 5.41) is 6.03. The van der Waals surface area contributed by atoms with Crippen molar-refractivity contribution >= 4 is 54.7 Å². The summed E-state index contributed by atoms with van der Waals surface area (Å²) < 4.78 is 0. The van der Waals surface area contributed by atoms with Crippen LogP contribution in [0.25, 0.3) is 20.4 Å². The van der Waals surface area contributed by atoms with Crippen molar-refractivity contribution in [2.24, 2.45) is 0 Å². The number of aryl methyl sites for hydroxylation is 4. The molecule has 35 heavy (non-hydrogen) atoms. The highest BCUT2D eigenvalue weighted by Crippen LogP contribution is 2.32. The van der Waals surface area contributed by atoms with Gasteiger partial charge in [0.2, 0.25) is 0 Å². The largest absolute Gasteiger partial charge is 0.367 e. The van der Waals surface area contributed by atoms with E-state index in [9.17, 15) is 0 Å². The number of hydrogen-bond donors (Lipinski definition) is 1. The summed E-state index contributed by atoms with van der Waals surface area (Å²) in [6.07, 6.45) is 7.02. The first-order valence-corrected chi connectivity index (χ1v) is 14.6. The Morgan fingerprint density at radius 3 is 1.91 bits per heavy atom. The predicted molar refractivity (Wildman–Crippen MR) is 152 cm³/mol. The van der Waals surface area contributed by atoms with Gasteiger partial charge < -0.3 is 10.2 Å². The van der Waals surface area contributed by atoms with E-state index in [0.29, 0.717) is 6.04 Å². The Kier molecular flexibility index (Phi) is 8.55. The summed E-state index contributed by atoms with van der Waals surface area (Å²) in [6.45, 7) is 14.8. The van der Waals surface area contributed by atoms with Gasteiger partial charge in [0.25, 0.3) is 0 Å². The lowest BCUT2D eigenvalue weighted by molar-refractivity contribution is 0.749. The van der Waals surface area contributed by atoms with Crippen LogP contribution in [0.3, 0.4) is 0 Å². The van der Waals surface area contributed by atoms with Gasteiger partial charge in [-0.25, -0.2) is 19.9 Å². The molecule has 0 aromatic carbocycles.